The van der Waals surface area contributed by atoms with Crippen molar-refractivity contribution in [2.45, 2.75) is 140 Å². The lowest BCUT2D eigenvalue weighted by atomic mass is 9.71. The van der Waals surface area contributed by atoms with Crippen LogP contribution in [0.2, 0.25) is 0 Å². The van der Waals surface area contributed by atoms with Crippen molar-refractivity contribution in [2.75, 3.05) is 13.2 Å². The molecule has 0 spiro atoms. The van der Waals surface area contributed by atoms with Crippen LogP contribution in [0.3, 0.4) is 0 Å². The van der Waals surface area contributed by atoms with Crippen LogP contribution in [0.1, 0.15) is 20.3 Å². The van der Waals surface area contributed by atoms with Gasteiger partial charge in [0.1, 0.15) is 61.0 Å². The number of aliphatic hydroxyl groups excluding tert-OH is 10. The highest BCUT2D eigenvalue weighted by atomic mass is 35.6. The van der Waals surface area contributed by atoms with Crippen molar-refractivity contribution >= 4 is 40.7 Å². The van der Waals surface area contributed by atoms with Gasteiger partial charge in [0.15, 0.2) is 6.29 Å². The van der Waals surface area contributed by atoms with Crippen LogP contribution < -0.4 is 0 Å². The number of ether oxygens (including phenoxy) is 7. The zero-order valence-corrected chi connectivity index (χ0v) is 29.7. The van der Waals surface area contributed by atoms with Gasteiger partial charge >= 0.3 is 0 Å². The molecule has 11 N–H and O–H groups in total. The Bertz CT molecular complexity index is 1320. The van der Waals surface area contributed by atoms with E-state index in [-0.39, 0.29) is 6.42 Å². The summed E-state index contributed by atoms with van der Waals surface area (Å²) in [4.78, 5) is 2.78. The fourth-order valence-electron chi connectivity index (χ4n) is 7.41. The second-order valence-electron chi connectivity index (χ2n) is 13.5. The van der Waals surface area contributed by atoms with Gasteiger partial charge < -0.3 is 84.2 Å². The molecule has 0 bridgehead atoms. The van der Waals surface area contributed by atoms with E-state index in [1.54, 1.807) is 0 Å². The van der Waals surface area contributed by atoms with E-state index in [0.29, 0.717) is 0 Å². The van der Waals surface area contributed by atoms with Gasteiger partial charge in [-0.2, -0.15) is 0 Å². The number of nitrogens with zero attached hydrogens (tertiary/aromatic N) is 3. The van der Waals surface area contributed by atoms with Gasteiger partial charge in [0.25, 0.3) is 3.79 Å². The van der Waals surface area contributed by atoms with Crippen LogP contribution in [0.25, 0.3) is 10.4 Å². The average Bonchev–Trinajstić information content (AvgIpc) is 3.08. The molecule has 52 heavy (non-hydrogen) atoms. The Kier molecular flexibility index (Phi) is 13.2. The molecule has 5 aliphatic rings. The van der Waals surface area contributed by atoms with E-state index in [1.165, 1.54) is 13.8 Å². The Morgan fingerprint density at radius 2 is 1.50 bits per heavy atom. The van der Waals surface area contributed by atoms with Gasteiger partial charge in [0.2, 0.25) is 18.0 Å². The van der Waals surface area contributed by atoms with Crippen LogP contribution >= 0.6 is 34.8 Å². The van der Waals surface area contributed by atoms with Gasteiger partial charge in [0.05, 0.1) is 55.8 Å². The van der Waals surface area contributed by atoms with E-state index in [4.69, 9.17) is 73.4 Å². The molecule has 4 aliphatic heterocycles. The number of aliphatic hydroxyl groups is 10. The molecule has 1 saturated carbocycles. The predicted octanol–water partition coefficient (Wildman–Crippen LogP) is -3.34. The highest BCUT2D eigenvalue weighted by Gasteiger charge is 2.74. The highest BCUT2D eigenvalue weighted by molar-refractivity contribution is 6.76. The number of halogens is 3. The second-order valence-corrected chi connectivity index (χ2v) is 15.8. The van der Waals surface area contributed by atoms with Crippen LogP contribution in [0, 0.1) is 17.2 Å². The van der Waals surface area contributed by atoms with Gasteiger partial charge in [0, 0.05) is 17.3 Å². The van der Waals surface area contributed by atoms with E-state index in [2.05, 4.69) is 10.0 Å². The van der Waals surface area contributed by atoms with Crippen LogP contribution in [-0.2, 0) is 33.2 Å². The van der Waals surface area contributed by atoms with E-state index in [1.807, 2.05) is 0 Å². The van der Waals surface area contributed by atoms with Gasteiger partial charge in [-0.1, -0.05) is 46.8 Å². The first-order valence-electron chi connectivity index (χ1n) is 16.3. The average molecular weight is 814 g/mol. The van der Waals surface area contributed by atoms with Crippen molar-refractivity contribution in [3.05, 3.63) is 10.4 Å². The largest absolute Gasteiger partial charge is 0.448 e. The van der Waals surface area contributed by atoms with Crippen LogP contribution in [0.15, 0.2) is 5.11 Å². The molecule has 24 heteroatoms. The summed E-state index contributed by atoms with van der Waals surface area (Å²) in [6.45, 7) is 1.11. The lowest BCUT2D eigenvalue weighted by molar-refractivity contribution is -0.505. The molecule has 9 unspecified atom stereocenters. The molecule has 0 amide bonds. The highest BCUT2D eigenvalue weighted by Crippen LogP contribution is 2.55. The molecule has 0 aromatic rings. The van der Waals surface area contributed by atoms with Gasteiger partial charge in [-0.25, -0.2) is 0 Å². The Balaban J connectivity index is 1.56. The number of azide groups is 1. The summed E-state index contributed by atoms with van der Waals surface area (Å²) >= 11 is 17.3. The minimum absolute atomic E-state index is 0.258. The zero-order chi connectivity index (χ0) is 38.6. The normalized spacial score (nSPS) is 51.1. The minimum Gasteiger partial charge on any atom is -0.448 e. The predicted molar refractivity (Wildman–Crippen MR) is 171 cm³/mol. The molecule has 4 saturated heterocycles. The number of hydrogen-bond acceptors (Lipinski definition) is 19. The van der Waals surface area contributed by atoms with Crippen LogP contribution in [0.5, 0.6) is 0 Å². The molecule has 5 fully saturated rings. The van der Waals surface area contributed by atoms with E-state index in [0.717, 1.165) is 0 Å². The number of rotatable bonds is 9. The van der Waals surface area contributed by atoms with Crippen molar-refractivity contribution in [1.29, 1.82) is 5.41 Å². The quantitative estimate of drug-likeness (QED) is 0.0271. The first-order valence-corrected chi connectivity index (χ1v) is 17.5. The molecule has 21 atom stereocenters. The van der Waals surface area contributed by atoms with Crippen molar-refractivity contribution in [2.24, 2.45) is 17.0 Å². The van der Waals surface area contributed by atoms with Gasteiger partial charge in [-0.15, -0.1) is 0 Å². The molecule has 1 aliphatic carbocycles. The SMILES string of the molecule is CC1O[C@@H](C2(O[C@@H]3OC(CO)[C@H](O)[C@H](O)[C@H]3O[C@@H]3CC(O)[C@H](O)[C@H](O)C3C)O[C@@H]3C(N=[N+]=[N-])C(OC(=N)C(Cl)(Cl)Cl)OC(CO)[C@H]32)[C@H](O)C(O)[C@@H]1O. The summed E-state index contributed by atoms with van der Waals surface area (Å²) < 4.78 is 39.4. The number of fused-ring (bicyclic) bond motifs is 1. The number of nitrogens with one attached hydrogen (secondary N) is 1. The maximum Gasteiger partial charge on any atom is 0.265 e. The van der Waals surface area contributed by atoms with Crippen LogP contribution in [-0.4, -0.2) is 190 Å². The lowest BCUT2D eigenvalue weighted by Crippen LogP contribution is -2.82. The topological polar surface area (TPSA) is 340 Å². The molecular weight excluding hydrogens is 771 g/mol. The van der Waals surface area contributed by atoms with Gasteiger partial charge in [-0.05, 0) is 12.5 Å². The molecule has 0 radical (unpaired) electrons. The Labute approximate surface area is 310 Å². The molecule has 298 valence electrons. The molecule has 5 rings (SSSR count). The number of alkyl halides is 3. The second kappa shape index (κ2) is 16.2. The minimum atomic E-state index is -2.44. The molecule has 0 aromatic carbocycles. The van der Waals surface area contributed by atoms with Gasteiger partial charge in [-0.3, -0.25) is 5.41 Å². The third kappa shape index (κ3) is 7.59. The van der Waals surface area contributed by atoms with Crippen molar-refractivity contribution in [1.82, 2.24) is 0 Å². The summed E-state index contributed by atoms with van der Waals surface area (Å²) in [6, 6.07) is -1.52. The number of hydrogen-bond donors (Lipinski definition) is 11. The molecule has 4 heterocycles. The fraction of sp³-hybridized carbons (Fsp3) is 0.964. The third-order valence-electron chi connectivity index (χ3n) is 10.4. The molecule has 21 nitrogen and oxygen atoms in total. The summed E-state index contributed by atoms with van der Waals surface area (Å²) in [6.07, 6.45) is -27.7. The smallest absolute Gasteiger partial charge is 0.265 e. The lowest BCUT2D eigenvalue weighted by Gasteiger charge is -2.65. The maximum absolute atomic E-state index is 11.3. The van der Waals surface area contributed by atoms with Crippen molar-refractivity contribution in [3.63, 3.8) is 0 Å². The summed E-state index contributed by atoms with van der Waals surface area (Å²) in [7, 11) is 0. The maximum atomic E-state index is 11.3. The van der Waals surface area contributed by atoms with Crippen molar-refractivity contribution < 1.29 is 84.2 Å². The first kappa shape index (κ1) is 42.2. The fourth-order valence-corrected chi connectivity index (χ4v) is 7.54. The molecule has 0 aromatic heterocycles. The Morgan fingerprint density at radius 1 is 0.865 bits per heavy atom. The Hall–Kier alpha value is -0.990. The van der Waals surface area contributed by atoms with E-state index < -0.39 is 151 Å². The Morgan fingerprint density at radius 3 is 2.10 bits per heavy atom. The van der Waals surface area contributed by atoms with Crippen molar-refractivity contribution in [3.8, 4) is 0 Å². The zero-order valence-electron chi connectivity index (χ0n) is 27.5. The summed E-state index contributed by atoms with van der Waals surface area (Å²) in [5.41, 5.74) is 9.43. The standard InChI is InChI=1S/C28H43Cl3N4O17/c1-6-9(3-8(38)16(41)14(6)39)47-22-19(44)17(42)11(5-37)49-25(22)52-27(23-20(45)18(43)15(40)7(2)46-23)12-10(4-36)48-24(50-26(32)28(29,30)31)13(34-35-33)21(12)51-27/h6-25,32,36-45H,3-5H2,1-2H3/t6?,7?,8?,9-,10?,11?,12-,13?,14-,15-,16+,17+,18?,19+,20-,21+,22-,23-,24?,25+,27?/m1/s1. The summed E-state index contributed by atoms with van der Waals surface area (Å²) in [5.74, 6) is -5.63. The third-order valence-corrected chi connectivity index (χ3v) is 10.9. The first-order chi connectivity index (χ1) is 24.3. The van der Waals surface area contributed by atoms with Crippen LogP contribution in [0.4, 0.5) is 0 Å². The summed E-state index contributed by atoms with van der Waals surface area (Å²) in [5, 5.41) is 118. The van der Waals surface area contributed by atoms with E-state index in [9.17, 15) is 56.6 Å². The molecular formula is C28H43Cl3N4O17. The van der Waals surface area contributed by atoms with E-state index >= 15 is 0 Å². The monoisotopic (exact) mass is 812 g/mol.